The molecule has 2 rings (SSSR count). The number of carbonyl (C=O) groups is 1. The van der Waals surface area contributed by atoms with E-state index in [0.717, 1.165) is 24.9 Å². The number of para-hydroxylation sites is 1. The van der Waals surface area contributed by atoms with Crippen LogP contribution in [0.5, 0.6) is 0 Å². The summed E-state index contributed by atoms with van der Waals surface area (Å²) in [4.78, 5) is 10.6. The van der Waals surface area contributed by atoms with E-state index in [1.807, 2.05) is 18.2 Å². The summed E-state index contributed by atoms with van der Waals surface area (Å²) >= 11 is 0. The molecular formula is C12H16N2O2. The van der Waals surface area contributed by atoms with Crippen LogP contribution in [0.25, 0.3) is 0 Å². The predicted molar refractivity (Wildman–Crippen MR) is 62.8 cm³/mol. The average molecular weight is 220 g/mol. The fraction of sp³-hybridized carbons (Fsp3) is 0.417. The molecule has 4 heteroatoms. The van der Waals surface area contributed by atoms with Crippen molar-refractivity contribution in [1.82, 2.24) is 5.32 Å². The number of anilines is 1. The Morgan fingerprint density at radius 3 is 3.06 bits per heavy atom. The second kappa shape index (κ2) is 4.88. The van der Waals surface area contributed by atoms with Gasteiger partial charge in [-0.1, -0.05) is 18.2 Å². The lowest BCUT2D eigenvalue weighted by Crippen LogP contribution is -2.39. The third-order valence-corrected chi connectivity index (χ3v) is 2.88. The van der Waals surface area contributed by atoms with E-state index >= 15 is 0 Å². The van der Waals surface area contributed by atoms with E-state index in [0.29, 0.717) is 6.54 Å². The Balaban J connectivity index is 2.04. The maximum absolute atomic E-state index is 10.6. The molecule has 1 aliphatic heterocycles. The highest BCUT2D eigenvalue weighted by Gasteiger charge is 2.14. The minimum Gasteiger partial charge on any atom is -0.465 e. The highest BCUT2D eigenvalue weighted by Crippen LogP contribution is 2.20. The fourth-order valence-corrected chi connectivity index (χ4v) is 2.08. The summed E-state index contributed by atoms with van der Waals surface area (Å²) in [5.41, 5.74) is 2.44. The van der Waals surface area contributed by atoms with Gasteiger partial charge in [0.05, 0.1) is 0 Å². The van der Waals surface area contributed by atoms with Gasteiger partial charge in [0.1, 0.15) is 0 Å². The van der Waals surface area contributed by atoms with Crippen molar-refractivity contribution in [3.63, 3.8) is 0 Å². The Bertz CT molecular complexity index is 379. The maximum Gasteiger partial charge on any atom is 0.404 e. The van der Waals surface area contributed by atoms with Gasteiger partial charge in [-0.25, -0.2) is 4.79 Å². The van der Waals surface area contributed by atoms with Crippen molar-refractivity contribution in [1.29, 1.82) is 0 Å². The van der Waals surface area contributed by atoms with Gasteiger partial charge in [0.15, 0.2) is 0 Å². The van der Waals surface area contributed by atoms with Crippen LogP contribution in [-0.4, -0.2) is 23.8 Å². The van der Waals surface area contributed by atoms with E-state index in [1.54, 1.807) is 0 Å². The molecule has 1 amide bonds. The lowest BCUT2D eigenvalue weighted by molar-refractivity contribution is 0.189. The second-order valence-corrected chi connectivity index (χ2v) is 4.08. The number of amides is 1. The molecule has 1 heterocycles. The van der Waals surface area contributed by atoms with Crippen LogP contribution in [0.3, 0.4) is 0 Å². The van der Waals surface area contributed by atoms with Crippen molar-refractivity contribution in [3.05, 3.63) is 29.8 Å². The lowest BCUT2D eigenvalue weighted by atomic mass is 10.0. The van der Waals surface area contributed by atoms with Crippen molar-refractivity contribution < 1.29 is 9.90 Å². The normalized spacial score (nSPS) is 19.9. The third kappa shape index (κ3) is 2.66. The zero-order chi connectivity index (χ0) is 11.4. The average Bonchev–Trinajstić information content (AvgIpc) is 2.23. The van der Waals surface area contributed by atoms with Crippen LogP contribution in [0.2, 0.25) is 0 Å². The first-order valence-corrected chi connectivity index (χ1v) is 5.57. The van der Waals surface area contributed by atoms with E-state index in [9.17, 15) is 4.79 Å². The summed E-state index contributed by atoms with van der Waals surface area (Å²) in [6, 6.07) is 8.19. The SMILES string of the molecule is O=C(O)N[C@@H]1CCCc2ccccc2NC1. The standard InChI is InChI=1S/C12H16N2O2/c15-12(16)14-10-6-3-5-9-4-1-2-7-11(9)13-8-10/h1-2,4,7,10,13-14H,3,5-6,8H2,(H,15,16)/t10-/m1/s1. The molecular weight excluding hydrogens is 204 g/mol. The Morgan fingerprint density at radius 2 is 2.25 bits per heavy atom. The molecule has 0 saturated carbocycles. The summed E-state index contributed by atoms with van der Waals surface area (Å²) in [7, 11) is 0. The Kier molecular flexibility index (Phi) is 3.29. The van der Waals surface area contributed by atoms with Crippen molar-refractivity contribution in [2.24, 2.45) is 0 Å². The topological polar surface area (TPSA) is 61.4 Å². The van der Waals surface area contributed by atoms with E-state index in [1.165, 1.54) is 5.56 Å². The molecule has 1 aromatic carbocycles. The number of carboxylic acid groups (broad SMARTS) is 1. The highest BCUT2D eigenvalue weighted by atomic mass is 16.4. The number of fused-ring (bicyclic) bond motifs is 1. The van der Waals surface area contributed by atoms with E-state index in [-0.39, 0.29) is 6.04 Å². The summed E-state index contributed by atoms with van der Waals surface area (Å²) in [6.45, 7) is 0.656. The first kappa shape index (κ1) is 10.8. The molecule has 0 saturated heterocycles. The first-order chi connectivity index (χ1) is 7.75. The number of rotatable bonds is 1. The zero-order valence-electron chi connectivity index (χ0n) is 9.07. The Hall–Kier alpha value is -1.71. The fourth-order valence-electron chi connectivity index (χ4n) is 2.08. The largest absolute Gasteiger partial charge is 0.465 e. The van der Waals surface area contributed by atoms with Crippen molar-refractivity contribution >= 4 is 11.8 Å². The minimum atomic E-state index is -0.944. The third-order valence-electron chi connectivity index (χ3n) is 2.88. The van der Waals surface area contributed by atoms with Crippen LogP contribution in [0.1, 0.15) is 18.4 Å². The van der Waals surface area contributed by atoms with Gasteiger partial charge in [-0.15, -0.1) is 0 Å². The van der Waals surface area contributed by atoms with E-state index in [2.05, 4.69) is 16.7 Å². The molecule has 0 aliphatic carbocycles. The molecule has 0 aromatic heterocycles. The van der Waals surface area contributed by atoms with Crippen LogP contribution < -0.4 is 10.6 Å². The number of aryl methyl sites for hydroxylation is 1. The van der Waals surface area contributed by atoms with Gasteiger partial charge < -0.3 is 15.7 Å². The van der Waals surface area contributed by atoms with Gasteiger partial charge in [-0.2, -0.15) is 0 Å². The summed E-state index contributed by atoms with van der Waals surface area (Å²) < 4.78 is 0. The molecule has 4 nitrogen and oxygen atoms in total. The smallest absolute Gasteiger partial charge is 0.404 e. The van der Waals surface area contributed by atoms with Crippen molar-refractivity contribution in [2.45, 2.75) is 25.3 Å². The number of nitrogens with one attached hydrogen (secondary N) is 2. The van der Waals surface area contributed by atoms with Gasteiger partial charge in [0.2, 0.25) is 0 Å². The van der Waals surface area contributed by atoms with Crippen LogP contribution >= 0.6 is 0 Å². The summed E-state index contributed by atoms with van der Waals surface area (Å²) in [5.74, 6) is 0. The van der Waals surface area contributed by atoms with Gasteiger partial charge in [0, 0.05) is 18.3 Å². The molecule has 0 unspecified atom stereocenters. The molecule has 16 heavy (non-hydrogen) atoms. The number of hydrogen-bond acceptors (Lipinski definition) is 2. The molecule has 0 spiro atoms. The molecule has 1 aromatic rings. The van der Waals surface area contributed by atoms with Crippen LogP contribution in [0.4, 0.5) is 10.5 Å². The Labute approximate surface area is 94.7 Å². The predicted octanol–water partition coefficient (Wildman–Crippen LogP) is 2.07. The van der Waals surface area contributed by atoms with Gasteiger partial charge in [-0.05, 0) is 30.9 Å². The maximum atomic E-state index is 10.6. The number of benzene rings is 1. The van der Waals surface area contributed by atoms with E-state index in [4.69, 9.17) is 5.11 Å². The molecule has 0 fully saturated rings. The zero-order valence-corrected chi connectivity index (χ0v) is 9.07. The van der Waals surface area contributed by atoms with Crippen LogP contribution in [-0.2, 0) is 6.42 Å². The monoisotopic (exact) mass is 220 g/mol. The highest BCUT2D eigenvalue weighted by molar-refractivity contribution is 5.65. The second-order valence-electron chi connectivity index (χ2n) is 4.08. The van der Waals surface area contributed by atoms with Gasteiger partial charge in [-0.3, -0.25) is 0 Å². The summed E-state index contributed by atoms with van der Waals surface area (Å²) in [6.07, 6.45) is 1.96. The lowest BCUT2D eigenvalue weighted by Gasteiger charge is -2.22. The van der Waals surface area contributed by atoms with Gasteiger partial charge in [0.25, 0.3) is 0 Å². The Morgan fingerprint density at radius 1 is 1.44 bits per heavy atom. The molecule has 0 radical (unpaired) electrons. The quantitative estimate of drug-likeness (QED) is 0.679. The first-order valence-electron chi connectivity index (χ1n) is 5.57. The summed E-state index contributed by atoms with van der Waals surface area (Å²) in [5, 5.41) is 14.5. The molecule has 1 aliphatic rings. The van der Waals surface area contributed by atoms with Gasteiger partial charge >= 0.3 is 6.09 Å². The van der Waals surface area contributed by atoms with E-state index < -0.39 is 6.09 Å². The molecule has 86 valence electrons. The minimum absolute atomic E-state index is 0.00542. The number of hydrogen-bond donors (Lipinski definition) is 3. The van der Waals surface area contributed by atoms with Crippen LogP contribution in [0.15, 0.2) is 24.3 Å². The van der Waals surface area contributed by atoms with Crippen LogP contribution in [0, 0.1) is 0 Å². The molecule has 3 N–H and O–H groups in total. The van der Waals surface area contributed by atoms with Crippen molar-refractivity contribution in [3.8, 4) is 0 Å². The molecule has 0 bridgehead atoms. The van der Waals surface area contributed by atoms with Crippen molar-refractivity contribution in [2.75, 3.05) is 11.9 Å². The molecule has 1 atom stereocenters.